The van der Waals surface area contributed by atoms with Gasteiger partial charge in [0.1, 0.15) is 0 Å². The zero-order valence-corrected chi connectivity index (χ0v) is 19.1. The Hall–Kier alpha value is -2.70. The Balaban J connectivity index is 1.18. The largest absolute Gasteiger partial charge is 0.379 e. The lowest BCUT2D eigenvalue weighted by molar-refractivity contribution is 0.0337. The minimum absolute atomic E-state index is 0.239. The van der Waals surface area contributed by atoms with Crippen LogP contribution in [0.15, 0.2) is 54.9 Å². The van der Waals surface area contributed by atoms with E-state index in [1.807, 2.05) is 29.0 Å². The normalized spacial score (nSPS) is 25.6. The number of carbonyl (C=O) groups is 1. The quantitative estimate of drug-likeness (QED) is 0.601. The van der Waals surface area contributed by atoms with E-state index < -0.39 is 0 Å². The summed E-state index contributed by atoms with van der Waals surface area (Å²) in [5.41, 5.74) is 4.62. The average Bonchev–Trinajstić information content (AvgIpc) is 3.43. The molecule has 6 nitrogen and oxygen atoms in total. The molecule has 0 spiro atoms. The molecule has 5 heterocycles. The molecule has 3 fully saturated rings. The number of benzene rings is 1. The van der Waals surface area contributed by atoms with Crippen molar-refractivity contribution in [2.45, 2.75) is 50.7 Å². The Morgan fingerprint density at radius 1 is 0.970 bits per heavy atom. The number of nitrogens with zero attached hydrogens (tertiary/aromatic N) is 4. The molecule has 3 aromatic rings. The average molecular weight is 445 g/mol. The summed E-state index contributed by atoms with van der Waals surface area (Å²) in [7, 11) is 0. The molecule has 0 radical (unpaired) electrons. The molecule has 2 bridgehead atoms. The molecule has 172 valence electrons. The van der Waals surface area contributed by atoms with E-state index in [1.54, 1.807) is 0 Å². The fourth-order valence-electron chi connectivity index (χ4n) is 6.29. The van der Waals surface area contributed by atoms with Crippen LogP contribution in [0.3, 0.4) is 0 Å². The first kappa shape index (κ1) is 20.9. The summed E-state index contributed by atoms with van der Waals surface area (Å²) in [6.07, 6.45) is 9.42. The molecule has 0 unspecified atom stereocenters. The first-order valence-electron chi connectivity index (χ1n) is 12.4. The van der Waals surface area contributed by atoms with E-state index in [2.05, 4.69) is 45.2 Å². The van der Waals surface area contributed by atoms with E-state index >= 15 is 0 Å². The highest BCUT2D eigenvalue weighted by Crippen LogP contribution is 2.41. The molecular weight excluding hydrogens is 412 g/mol. The molecule has 0 saturated carbocycles. The van der Waals surface area contributed by atoms with Crippen LogP contribution in [0.2, 0.25) is 0 Å². The van der Waals surface area contributed by atoms with Gasteiger partial charge in [0.25, 0.3) is 5.91 Å². The van der Waals surface area contributed by atoms with Gasteiger partial charge in [0.15, 0.2) is 0 Å². The number of aromatic nitrogens is 2. The Bertz CT molecular complexity index is 1120. The second-order valence-electron chi connectivity index (χ2n) is 9.88. The monoisotopic (exact) mass is 444 g/mol. The third-order valence-corrected chi connectivity index (χ3v) is 7.84. The molecule has 1 aromatic carbocycles. The van der Waals surface area contributed by atoms with E-state index in [0.717, 1.165) is 76.1 Å². The van der Waals surface area contributed by atoms with Crippen LogP contribution in [-0.2, 0) is 17.7 Å². The van der Waals surface area contributed by atoms with E-state index in [4.69, 9.17) is 4.74 Å². The Labute approximate surface area is 195 Å². The van der Waals surface area contributed by atoms with Gasteiger partial charge >= 0.3 is 0 Å². The van der Waals surface area contributed by atoms with Gasteiger partial charge in [-0.1, -0.05) is 24.3 Å². The predicted octanol–water partition coefficient (Wildman–Crippen LogP) is 3.79. The van der Waals surface area contributed by atoms with Crippen LogP contribution in [0.4, 0.5) is 0 Å². The molecule has 1 amide bonds. The second-order valence-corrected chi connectivity index (χ2v) is 9.88. The number of ether oxygens (including phenoxy) is 1. The minimum Gasteiger partial charge on any atom is -0.379 e. The van der Waals surface area contributed by atoms with Crippen LogP contribution in [0.25, 0.3) is 5.52 Å². The van der Waals surface area contributed by atoms with Gasteiger partial charge in [-0.05, 0) is 67.3 Å². The predicted molar refractivity (Wildman–Crippen MR) is 127 cm³/mol. The number of morpholine rings is 1. The lowest BCUT2D eigenvalue weighted by Gasteiger charge is -2.39. The zero-order chi connectivity index (χ0) is 22.2. The highest BCUT2D eigenvalue weighted by molar-refractivity contribution is 5.96. The summed E-state index contributed by atoms with van der Waals surface area (Å²) in [5.74, 6) is 0.860. The standard InChI is InChI=1S/C27H32N4O2/c32-27(25-6-2-1-4-22(25)19-29-12-14-33-15-13-29)31-23-7-8-24(31)18-20(17-23)16-21-5-3-11-30-26(21)9-10-28-30/h1-6,9-11,20,23-24H,7-8,12-19H2/t23-,24-/m0/s1. The van der Waals surface area contributed by atoms with Crippen LogP contribution >= 0.6 is 0 Å². The van der Waals surface area contributed by atoms with Gasteiger partial charge in [-0.3, -0.25) is 9.69 Å². The number of hydrogen-bond acceptors (Lipinski definition) is 4. The third-order valence-electron chi connectivity index (χ3n) is 7.84. The van der Waals surface area contributed by atoms with Crippen molar-refractivity contribution in [2.75, 3.05) is 26.3 Å². The molecule has 3 aliphatic rings. The van der Waals surface area contributed by atoms with Crippen molar-refractivity contribution >= 4 is 11.4 Å². The topological polar surface area (TPSA) is 50.1 Å². The second kappa shape index (κ2) is 8.92. The van der Waals surface area contributed by atoms with E-state index in [-0.39, 0.29) is 5.91 Å². The van der Waals surface area contributed by atoms with E-state index in [1.165, 1.54) is 11.1 Å². The van der Waals surface area contributed by atoms with Crippen molar-refractivity contribution in [3.8, 4) is 0 Å². The number of rotatable bonds is 5. The van der Waals surface area contributed by atoms with Crippen LogP contribution in [0.5, 0.6) is 0 Å². The fourth-order valence-corrected chi connectivity index (χ4v) is 6.29. The fraction of sp³-hybridized carbons (Fsp3) is 0.481. The maximum Gasteiger partial charge on any atom is 0.254 e. The van der Waals surface area contributed by atoms with E-state index in [0.29, 0.717) is 18.0 Å². The SMILES string of the molecule is O=C(c1ccccc1CN1CCOCC1)N1[C@H]2CC[C@H]1CC(Cc1cccn3nccc13)C2. The van der Waals surface area contributed by atoms with Crippen molar-refractivity contribution < 1.29 is 9.53 Å². The van der Waals surface area contributed by atoms with Crippen molar-refractivity contribution in [3.05, 3.63) is 71.5 Å². The molecule has 3 saturated heterocycles. The summed E-state index contributed by atoms with van der Waals surface area (Å²) < 4.78 is 7.46. The smallest absolute Gasteiger partial charge is 0.254 e. The molecule has 2 aromatic heterocycles. The minimum atomic E-state index is 0.239. The molecular formula is C27H32N4O2. The molecule has 0 aliphatic carbocycles. The lowest BCUT2D eigenvalue weighted by Crippen LogP contribution is -2.47. The third kappa shape index (κ3) is 4.06. The molecule has 6 heteroatoms. The number of hydrogen-bond donors (Lipinski definition) is 0. The summed E-state index contributed by atoms with van der Waals surface area (Å²) in [6, 6.07) is 15.4. The number of piperidine rings is 1. The molecule has 6 rings (SSSR count). The van der Waals surface area contributed by atoms with Gasteiger partial charge in [-0.15, -0.1) is 0 Å². The highest BCUT2D eigenvalue weighted by atomic mass is 16.5. The number of amides is 1. The summed E-state index contributed by atoms with van der Waals surface area (Å²) in [4.78, 5) is 18.4. The Morgan fingerprint density at radius 3 is 2.55 bits per heavy atom. The summed E-state index contributed by atoms with van der Waals surface area (Å²) >= 11 is 0. The summed E-state index contributed by atoms with van der Waals surface area (Å²) in [6.45, 7) is 4.25. The number of pyridine rings is 1. The van der Waals surface area contributed by atoms with Crippen LogP contribution in [-0.4, -0.2) is 63.7 Å². The van der Waals surface area contributed by atoms with Crippen LogP contribution < -0.4 is 0 Å². The van der Waals surface area contributed by atoms with Gasteiger partial charge in [-0.25, -0.2) is 4.52 Å². The van der Waals surface area contributed by atoms with Gasteiger partial charge in [-0.2, -0.15) is 5.10 Å². The zero-order valence-electron chi connectivity index (χ0n) is 19.1. The first-order chi connectivity index (χ1) is 16.3. The summed E-state index contributed by atoms with van der Waals surface area (Å²) in [5, 5.41) is 4.39. The van der Waals surface area contributed by atoms with Gasteiger partial charge in [0, 0.05) is 49.7 Å². The maximum atomic E-state index is 13.8. The molecule has 33 heavy (non-hydrogen) atoms. The van der Waals surface area contributed by atoms with Crippen molar-refractivity contribution in [3.63, 3.8) is 0 Å². The number of fused-ring (bicyclic) bond motifs is 3. The van der Waals surface area contributed by atoms with Gasteiger partial charge < -0.3 is 9.64 Å². The van der Waals surface area contributed by atoms with Gasteiger partial charge in [0.2, 0.25) is 0 Å². The lowest BCUT2D eigenvalue weighted by atomic mass is 9.85. The van der Waals surface area contributed by atoms with Crippen LogP contribution in [0.1, 0.15) is 47.2 Å². The maximum absolute atomic E-state index is 13.8. The Morgan fingerprint density at radius 2 is 1.73 bits per heavy atom. The molecule has 3 aliphatic heterocycles. The first-order valence-corrected chi connectivity index (χ1v) is 12.4. The highest BCUT2D eigenvalue weighted by Gasteiger charge is 2.43. The van der Waals surface area contributed by atoms with Crippen LogP contribution in [0, 0.1) is 5.92 Å². The molecule has 2 atom stereocenters. The number of carbonyl (C=O) groups excluding carboxylic acids is 1. The Kier molecular flexibility index (Phi) is 5.64. The van der Waals surface area contributed by atoms with Gasteiger partial charge in [0.05, 0.1) is 18.7 Å². The van der Waals surface area contributed by atoms with Crippen molar-refractivity contribution in [1.82, 2.24) is 19.4 Å². The van der Waals surface area contributed by atoms with Crippen molar-refractivity contribution in [1.29, 1.82) is 0 Å². The van der Waals surface area contributed by atoms with E-state index in [9.17, 15) is 4.79 Å². The molecule has 0 N–H and O–H groups in total. The van der Waals surface area contributed by atoms with Crippen molar-refractivity contribution in [2.24, 2.45) is 5.92 Å².